The molecule has 2 aromatic rings. The number of rotatable bonds is 8. The standard InChI is InChI=1S/C24H28N4O7S2/c1-14(2)11-12-24(28-35-3)17-8-6-5-7-16(17)21(29)20(22(24)30)23-25-18-10-9-15(26-36(4,31)32)13-19(18)37(33,34)27-23/h5-10,13-14,20,26,28H,11-12H2,1-4H3,(H,25,27)/t20?,24-/m1/s1. The number of benzene rings is 2. The molecule has 2 aliphatic rings. The summed E-state index contributed by atoms with van der Waals surface area (Å²) in [6.45, 7) is 4.01. The molecule has 0 radical (unpaired) electrons. The van der Waals surface area contributed by atoms with Gasteiger partial charge in [-0.3, -0.25) is 14.3 Å². The summed E-state index contributed by atoms with van der Waals surface area (Å²) >= 11 is 0. The fraction of sp³-hybridized carbons (Fsp3) is 0.375. The molecule has 13 heteroatoms. The van der Waals surface area contributed by atoms with Crippen LogP contribution >= 0.6 is 0 Å². The average Bonchev–Trinajstić information content (AvgIpc) is 2.80. The van der Waals surface area contributed by atoms with Gasteiger partial charge in [0.25, 0.3) is 10.0 Å². The first-order chi connectivity index (χ1) is 17.3. The number of anilines is 2. The molecule has 0 spiro atoms. The number of sulfonamides is 2. The van der Waals surface area contributed by atoms with E-state index in [1.165, 1.54) is 19.2 Å². The third kappa shape index (κ3) is 5.04. The fourth-order valence-electron chi connectivity index (χ4n) is 4.65. The van der Waals surface area contributed by atoms with E-state index >= 15 is 0 Å². The number of amidine groups is 1. The van der Waals surface area contributed by atoms with Gasteiger partial charge in [-0.25, -0.2) is 8.42 Å². The first-order valence-corrected chi connectivity index (χ1v) is 14.8. The summed E-state index contributed by atoms with van der Waals surface area (Å²) in [4.78, 5) is 32.7. The van der Waals surface area contributed by atoms with Crippen molar-refractivity contribution in [2.45, 2.75) is 37.1 Å². The predicted molar refractivity (Wildman–Crippen MR) is 138 cm³/mol. The molecule has 2 aromatic carbocycles. The predicted octanol–water partition coefficient (Wildman–Crippen LogP) is 2.44. The van der Waals surface area contributed by atoms with Gasteiger partial charge in [0, 0.05) is 11.3 Å². The van der Waals surface area contributed by atoms with Crippen molar-refractivity contribution in [3.63, 3.8) is 0 Å². The third-order valence-electron chi connectivity index (χ3n) is 6.29. The zero-order chi connectivity index (χ0) is 27.2. The van der Waals surface area contributed by atoms with Gasteiger partial charge in [-0.1, -0.05) is 38.1 Å². The molecule has 0 saturated heterocycles. The van der Waals surface area contributed by atoms with Gasteiger partial charge in [0.15, 0.2) is 11.6 Å². The number of carbonyl (C=O) groups is 2. The molecule has 1 aliphatic heterocycles. The molecule has 0 saturated carbocycles. The van der Waals surface area contributed by atoms with E-state index in [1.54, 1.807) is 24.3 Å². The van der Waals surface area contributed by atoms with E-state index in [-0.39, 0.29) is 33.6 Å². The van der Waals surface area contributed by atoms with E-state index in [2.05, 4.69) is 19.9 Å². The molecule has 11 nitrogen and oxygen atoms in total. The van der Waals surface area contributed by atoms with Crippen LogP contribution in [0.15, 0.2) is 51.8 Å². The molecule has 1 unspecified atom stereocenters. The van der Waals surface area contributed by atoms with E-state index in [9.17, 15) is 26.4 Å². The van der Waals surface area contributed by atoms with Crippen molar-refractivity contribution in [2.24, 2.45) is 16.2 Å². The Morgan fingerprint density at radius 1 is 1.16 bits per heavy atom. The SMILES string of the molecule is CON[C@@]1(CCC(C)C)C(=O)C(C2=NS(=O)(=O)c3cc(NS(C)(=O)=O)ccc3N2)C(=O)c2ccccc21. The van der Waals surface area contributed by atoms with Gasteiger partial charge in [0.1, 0.15) is 22.2 Å². The van der Waals surface area contributed by atoms with Crippen molar-refractivity contribution < 1.29 is 31.3 Å². The lowest BCUT2D eigenvalue weighted by Gasteiger charge is -2.41. The Labute approximate surface area is 215 Å². The lowest BCUT2D eigenvalue weighted by atomic mass is 9.67. The average molecular weight is 549 g/mol. The molecule has 0 bridgehead atoms. The molecular formula is C24H28N4O7S2. The first kappa shape index (κ1) is 26.9. The fourth-order valence-corrected chi connectivity index (χ4v) is 6.38. The van der Waals surface area contributed by atoms with Crippen LogP contribution in [0.5, 0.6) is 0 Å². The summed E-state index contributed by atoms with van der Waals surface area (Å²) in [6, 6.07) is 10.5. The number of carbonyl (C=O) groups excluding carboxylic acids is 2. The van der Waals surface area contributed by atoms with Crippen LogP contribution in [0.3, 0.4) is 0 Å². The maximum atomic E-state index is 14.1. The molecule has 198 valence electrons. The Balaban J connectivity index is 1.83. The summed E-state index contributed by atoms with van der Waals surface area (Å²) in [5.74, 6) is -2.80. The van der Waals surface area contributed by atoms with Crippen LogP contribution in [0.25, 0.3) is 0 Å². The molecule has 0 aromatic heterocycles. The zero-order valence-corrected chi connectivity index (χ0v) is 22.4. The second kappa shape index (κ2) is 9.63. The molecule has 0 fully saturated rings. The van der Waals surface area contributed by atoms with Crippen LogP contribution in [0.4, 0.5) is 11.4 Å². The zero-order valence-electron chi connectivity index (χ0n) is 20.7. The number of hydroxylamine groups is 1. The third-order valence-corrected chi connectivity index (χ3v) is 8.22. The van der Waals surface area contributed by atoms with Crippen molar-refractivity contribution in [3.8, 4) is 0 Å². The minimum Gasteiger partial charge on any atom is -0.341 e. The van der Waals surface area contributed by atoms with E-state index in [0.717, 1.165) is 12.3 Å². The van der Waals surface area contributed by atoms with Crippen LogP contribution in [-0.2, 0) is 35.2 Å². The van der Waals surface area contributed by atoms with E-state index in [1.807, 2.05) is 13.8 Å². The van der Waals surface area contributed by atoms with Gasteiger partial charge in [-0.15, -0.1) is 4.40 Å². The highest BCUT2D eigenvalue weighted by Gasteiger charge is 2.54. The Kier molecular flexibility index (Phi) is 7.01. The van der Waals surface area contributed by atoms with Crippen LogP contribution in [0, 0.1) is 11.8 Å². The monoisotopic (exact) mass is 548 g/mol. The lowest BCUT2D eigenvalue weighted by Crippen LogP contribution is -2.59. The van der Waals surface area contributed by atoms with Crippen LogP contribution in [0.2, 0.25) is 0 Å². The van der Waals surface area contributed by atoms with Gasteiger partial charge in [0.2, 0.25) is 10.0 Å². The maximum Gasteiger partial charge on any atom is 0.286 e. The molecule has 1 aliphatic carbocycles. The Hall–Kier alpha value is -3.13. The highest BCUT2D eigenvalue weighted by molar-refractivity contribution is 7.92. The highest BCUT2D eigenvalue weighted by atomic mass is 32.2. The number of ketones is 2. The Bertz CT molecular complexity index is 1520. The minimum atomic E-state index is -4.38. The van der Waals surface area contributed by atoms with Gasteiger partial charge in [0.05, 0.1) is 19.1 Å². The van der Waals surface area contributed by atoms with Crippen molar-refractivity contribution in [1.82, 2.24) is 5.48 Å². The molecule has 1 heterocycles. The Morgan fingerprint density at radius 3 is 2.51 bits per heavy atom. The molecular weight excluding hydrogens is 520 g/mol. The second-order valence-electron chi connectivity index (χ2n) is 9.51. The quantitative estimate of drug-likeness (QED) is 0.332. The minimum absolute atomic E-state index is 0.0287. The summed E-state index contributed by atoms with van der Waals surface area (Å²) in [7, 11) is -6.66. The van der Waals surface area contributed by atoms with Gasteiger partial charge in [-0.2, -0.15) is 13.9 Å². The first-order valence-electron chi connectivity index (χ1n) is 11.5. The number of nitrogens with one attached hydrogen (secondary N) is 3. The number of nitrogens with zero attached hydrogens (tertiary/aromatic N) is 1. The van der Waals surface area contributed by atoms with E-state index < -0.39 is 43.1 Å². The van der Waals surface area contributed by atoms with Gasteiger partial charge >= 0.3 is 0 Å². The topological polar surface area (TPSA) is 160 Å². The smallest absolute Gasteiger partial charge is 0.286 e. The number of fused-ring (bicyclic) bond motifs is 2. The summed E-state index contributed by atoms with van der Waals surface area (Å²) in [5, 5.41) is 2.83. The Morgan fingerprint density at radius 2 is 1.86 bits per heavy atom. The van der Waals surface area contributed by atoms with Gasteiger partial charge < -0.3 is 10.2 Å². The van der Waals surface area contributed by atoms with Crippen molar-refractivity contribution in [1.29, 1.82) is 0 Å². The van der Waals surface area contributed by atoms with Crippen LogP contribution in [-0.4, -0.2) is 47.6 Å². The second-order valence-corrected chi connectivity index (χ2v) is 12.8. The summed E-state index contributed by atoms with van der Waals surface area (Å²) in [6.07, 6.45) is 1.86. The van der Waals surface area contributed by atoms with Crippen LogP contribution in [0.1, 0.15) is 42.6 Å². The molecule has 4 rings (SSSR count). The number of Topliss-reactive ketones (excluding diaryl/α,β-unsaturated/α-hetero) is 2. The summed E-state index contributed by atoms with van der Waals surface area (Å²) < 4.78 is 55.4. The van der Waals surface area contributed by atoms with E-state index in [0.29, 0.717) is 18.4 Å². The summed E-state index contributed by atoms with van der Waals surface area (Å²) in [5.41, 5.74) is 2.23. The molecule has 0 amide bonds. The number of hydrogen-bond donors (Lipinski definition) is 3. The largest absolute Gasteiger partial charge is 0.341 e. The number of hydrogen-bond acceptors (Lipinski definition) is 9. The molecule has 3 N–H and O–H groups in total. The highest BCUT2D eigenvalue weighted by Crippen LogP contribution is 2.41. The lowest BCUT2D eigenvalue weighted by molar-refractivity contribution is -0.134. The van der Waals surface area contributed by atoms with Crippen molar-refractivity contribution in [2.75, 3.05) is 23.4 Å². The van der Waals surface area contributed by atoms with E-state index in [4.69, 9.17) is 4.84 Å². The molecule has 37 heavy (non-hydrogen) atoms. The van der Waals surface area contributed by atoms with Gasteiger partial charge in [-0.05, 0) is 42.5 Å². The molecule has 2 atom stereocenters. The van der Waals surface area contributed by atoms with Crippen molar-refractivity contribution in [3.05, 3.63) is 53.6 Å². The van der Waals surface area contributed by atoms with Crippen molar-refractivity contribution >= 4 is 48.8 Å². The normalized spacial score (nSPS) is 22.6. The maximum absolute atomic E-state index is 14.1. The van der Waals surface area contributed by atoms with Crippen LogP contribution < -0.4 is 15.5 Å².